The van der Waals surface area contributed by atoms with Crippen molar-refractivity contribution < 1.29 is 219 Å². The van der Waals surface area contributed by atoms with E-state index in [1.807, 2.05) is 0 Å². The van der Waals surface area contributed by atoms with Crippen LogP contribution in [0.4, 0.5) is 0 Å². The van der Waals surface area contributed by atoms with Gasteiger partial charge in [-0.25, -0.2) is 0 Å². The minimum absolute atomic E-state index is 0.122. The summed E-state index contributed by atoms with van der Waals surface area (Å²) in [6.07, 6.45) is -87.1. The van der Waals surface area contributed by atoms with Crippen LogP contribution in [0.3, 0.4) is 0 Å². The average molecular weight is 2230 g/mol. The molecule has 149 heavy (non-hydrogen) atoms. The summed E-state index contributed by atoms with van der Waals surface area (Å²) in [6, 6.07) is 17.8. The number of benzene rings is 6. The van der Waals surface area contributed by atoms with Crippen LogP contribution < -0.4 is 0 Å². The number of aliphatic hydroxyl groups excluding tert-OH is 15. The van der Waals surface area contributed by atoms with E-state index in [2.05, 4.69) is 0 Å². The molecule has 21 heterocycles. The summed E-state index contributed by atoms with van der Waals surface area (Å²) >= 11 is 0. The van der Waals surface area contributed by atoms with Gasteiger partial charge in [-0.1, -0.05) is 106 Å². The maximum Gasteiger partial charge on any atom is 0.297 e. The topological polar surface area (TPSA) is 693 Å². The molecule has 832 valence electrons. The quantitative estimate of drug-likeness (QED) is 0.0299. The van der Waals surface area contributed by atoms with E-state index in [1.165, 1.54) is 156 Å². The number of hydrogen-bond donors (Lipinski definition) is 15. The Morgan fingerprint density at radius 3 is 0.403 bits per heavy atom. The van der Waals surface area contributed by atoms with Crippen LogP contribution in [0.5, 0.6) is 0 Å². The van der Waals surface area contributed by atoms with E-state index < -0.39 is 351 Å². The van der Waals surface area contributed by atoms with Gasteiger partial charge in [0.25, 0.3) is 60.7 Å². The zero-order valence-electron chi connectivity index (χ0n) is 84.3. The SMILES string of the molecule is Cc1cc(C)c(S(=O)(=O)OC[C@@H]2O[C@@H]3O[C@H]4[C@H](O)[C@@H](O)[C@@H](O[C@H]5[C@@H](O)[C@H](O)[C@@H](O[C@H]6[C@H](O)[C@H](O)[C@@H](O[C@H]7[C@H](O)[C@@H](O)[C@@H](O[C@H]8[C@H](O)[C@@H](O)[C@@H](O[C@H]9[C@H](O)[C@@H](O)[C@@H](O[C@H]2[C@H](O)[C@H]3O)O[C@H]9COS(=O)(=O)c2c(C)cc(C)cc2C)O[C@H]8COS(=O)(=O)c2c(C)cc(C)cc2C)O[C@@H]7COS(=O)(=O)c2c(C)cc(C)cc2C)O[C@@H]6COS(=O)(=O)c2c(C)cc(C)cc2C)O[C@@H]5COS(=O)(=O)c2c(C)cc(C)cc2C)O[C@H]4CO)c(C)c1. The molecule has 21 aliphatic rings. The monoisotopic (exact) mass is 2230 g/mol. The van der Waals surface area contributed by atoms with Crippen molar-refractivity contribution in [1.29, 1.82) is 0 Å². The fourth-order valence-electron chi connectivity index (χ4n) is 21.0. The molecule has 6 aromatic rings. The Hall–Kier alpha value is -6.38. The summed E-state index contributed by atoms with van der Waals surface area (Å²) < 4.78 is 298. The van der Waals surface area contributed by atoms with Gasteiger partial charge in [0.1, 0.15) is 171 Å². The minimum Gasteiger partial charge on any atom is -0.394 e. The maximum absolute atomic E-state index is 14.8. The number of aryl methyl sites for hydroxylation is 18. The van der Waals surface area contributed by atoms with Crippen molar-refractivity contribution in [2.45, 2.75) is 369 Å². The molecule has 21 saturated heterocycles. The highest BCUT2D eigenvalue weighted by Crippen LogP contribution is 2.44. The second-order valence-corrected chi connectivity index (χ2v) is 48.7. The summed E-state index contributed by atoms with van der Waals surface area (Å²) in [5.41, 5.74) is 5.15. The van der Waals surface area contributed by atoms with Crippen LogP contribution in [-0.4, -0.2) is 388 Å². The molecular formula is C96H130O47S6. The first-order chi connectivity index (χ1) is 69.5. The van der Waals surface area contributed by atoms with Crippen LogP contribution in [0.25, 0.3) is 0 Å². The maximum atomic E-state index is 14.8. The van der Waals surface area contributed by atoms with Gasteiger partial charge in [0.15, 0.2) is 44.0 Å². The van der Waals surface area contributed by atoms with Crippen molar-refractivity contribution in [3.63, 3.8) is 0 Å². The second-order valence-electron chi connectivity index (χ2n) is 39.4. The lowest BCUT2D eigenvalue weighted by Crippen LogP contribution is -2.68. The molecule has 6 aromatic carbocycles. The van der Waals surface area contributed by atoms with E-state index in [9.17, 15) is 127 Å². The average Bonchev–Trinajstić information content (AvgIpc) is 0.835. The smallest absolute Gasteiger partial charge is 0.297 e. The summed E-state index contributed by atoms with van der Waals surface area (Å²) in [5.74, 6) is 0. The molecule has 47 nitrogen and oxygen atoms in total. The van der Waals surface area contributed by atoms with Crippen LogP contribution in [0.2, 0.25) is 0 Å². The predicted molar refractivity (Wildman–Crippen MR) is 509 cm³/mol. The molecule has 0 spiro atoms. The van der Waals surface area contributed by atoms with Gasteiger partial charge in [-0.05, 0) is 191 Å². The highest BCUT2D eigenvalue weighted by atomic mass is 32.2. The van der Waals surface area contributed by atoms with E-state index in [-0.39, 0.29) is 66.8 Å². The number of aliphatic hydroxyl groups is 15. The molecule has 0 radical (unpaired) electrons. The van der Waals surface area contributed by atoms with E-state index in [1.54, 1.807) is 41.5 Å². The van der Waals surface area contributed by atoms with Crippen LogP contribution in [0, 0.1) is 125 Å². The van der Waals surface area contributed by atoms with Crippen molar-refractivity contribution in [2.24, 2.45) is 0 Å². The Bertz CT molecular complexity index is 6120. The van der Waals surface area contributed by atoms with Crippen molar-refractivity contribution in [1.82, 2.24) is 0 Å². The molecule has 21 aliphatic heterocycles. The summed E-state index contributed by atoms with van der Waals surface area (Å²) in [6.45, 7) is 17.6. The standard InChI is InChI=1S/C96H130O47S6/c1-38-19-44(7)84(45(8)20-38)144(112,113)124-32-57-78-65(100)72(107)92(132-57)140-80-59(34-126-146(116,117)86-48(11)23-40(3)24-49(86)12)134-94(74(109)67(80)102)142-82-61(36-128-148(120,121)88-52(15)27-42(5)28-53(88)16)136-96(76(111)69(82)104)143-83-62(37-129-149(122,123)89-54(17)29-43(6)30-55(89)18)135-95(75(110)68(83)103)141-81-60(35-127-147(118,119)87-50(13)25-41(4)26-51(87)14)133-93(73(108)66(81)101)139-79-58(33-125-145(114,115)85-46(9)21-39(2)22-47(85)10)131-91(71(106)64(79)99)137-77-56(31-97)130-90(138-78)70(105)63(77)98/h19-30,56-83,90-111H,31-37H2,1-18H3/t56-,57+,58-,59+,60-,61+,62-,63+,64+,65-,66+,67+,68+,69+,70+,71+,72-,73+,74-,75+,76+,77+,78+,79+,80+,81+,82+,83+,90+,91+,92+,93+,94+,95+,96+/m0/s1. The van der Waals surface area contributed by atoms with E-state index in [0.29, 0.717) is 33.4 Å². The largest absolute Gasteiger partial charge is 0.394 e. The third-order valence-corrected chi connectivity index (χ3v) is 36.7. The lowest BCUT2D eigenvalue weighted by atomic mass is 9.95. The molecule has 15 N–H and O–H groups in total. The molecule has 0 saturated carbocycles. The normalized spacial score (nSPS) is 35.0. The van der Waals surface area contributed by atoms with E-state index in [0.717, 1.165) is 0 Å². The number of rotatable bonds is 25. The molecule has 0 amide bonds. The Labute approximate surface area is 862 Å². The molecule has 27 rings (SSSR count). The molecule has 0 aromatic heterocycles. The van der Waals surface area contributed by atoms with Gasteiger partial charge >= 0.3 is 0 Å². The number of hydrogen-bond acceptors (Lipinski definition) is 47. The van der Waals surface area contributed by atoms with Crippen LogP contribution in [0.1, 0.15) is 100 Å². The Morgan fingerprint density at radius 1 is 0.181 bits per heavy atom. The molecule has 35 atom stereocenters. The molecule has 53 heteroatoms. The van der Waals surface area contributed by atoms with Gasteiger partial charge in [-0.2, -0.15) is 50.5 Å². The Kier molecular flexibility index (Phi) is 36.8. The van der Waals surface area contributed by atoms with Crippen LogP contribution in [0.15, 0.2) is 102 Å². The molecule has 0 aliphatic carbocycles. The highest BCUT2D eigenvalue weighted by Gasteiger charge is 2.62. The van der Waals surface area contributed by atoms with Gasteiger partial charge in [0.2, 0.25) is 0 Å². The van der Waals surface area contributed by atoms with Crippen molar-refractivity contribution in [2.75, 3.05) is 46.2 Å². The van der Waals surface area contributed by atoms with Gasteiger partial charge in [0, 0.05) is 0 Å². The minimum atomic E-state index is -5.09. The molecular weight excluding hydrogens is 2100 g/mol. The summed E-state index contributed by atoms with van der Waals surface area (Å²) in [5, 5.41) is 188. The van der Waals surface area contributed by atoms with Crippen molar-refractivity contribution >= 4 is 60.7 Å². The van der Waals surface area contributed by atoms with Crippen LogP contribution >= 0.6 is 0 Å². The molecule has 14 bridgehead atoms. The van der Waals surface area contributed by atoms with Gasteiger partial charge < -0.3 is 143 Å². The highest BCUT2D eigenvalue weighted by molar-refractivity contribution is 7.88. The number of ether oxygens (including phenoxy) is 14. The first-order valence-electron chi connectivity index (χ1n) is 47.6. The lowest BCUT2D eigenvalue weighted by Gasteiger charge is -2.50. The first kappa shape index (κ1) is 118. The van der Waals surface area contributed by atoms with Gasteiger partial charge in [-0.15, -0.1) is 0 Å². The third kappa shape index (κ3) is 25.1. The Morgan fingerprint density at radius 2 is 0.289 bits per heavy atom. The third-order valence-electron chi connectivity index (χ3n) is 27.2. The van der Waals surface area contributed by atoms with Gasteiger partial charge in [-0.3, -0.25) is 25.1 Å². The zero-order chi connectivity index (χ0) is 110. The zero-order valence-corrected chi connectivity index (χ0v) is 89.2. The van der Waals surface area contributed by atoms with E-state index in [4.69, 9.17) is 91.4 Å². The molecule has 0 unspecified atom stereocenters. The Balaban J connectivity index is 0.904. The van der Waals surface area contributed by atoms with Crippen molar-refractivity contribution in [3.05, 3.63) is 173 Å². The molecule has 21 fully saturated rings. The fraction of sp³-hybridized carbons (Fsp3) is 0.625. The fourth-order valence-corrected chi connectivity index (χ4v) is 29.0. The van der Waals surface area contributed by atoms with Crippen molar-refractivity contribution in [3.8, 4) is 0 Å². The summed E-state index contributed by atoms with van der Waals surface area (Å²) in [4.78, 5) is -2.45. The van der Waals surface area contributed by atoms with Crippen LogP contribution in [-0.2, 0) is 152 Å². The van der Waals surface area contributed by atoms with Gasteiger partial charge in [0.05, 0.1) is 75.6 Å². The predicted octanol–water partition coefficient (Wildman–Crippen LogP) is -1.20. The van der Waals surface area contributed by atoms with E-state index >= 15 is 0 Å². The lowest BCUT2D eigenvalue weighted by molar-refractivity contribution is -0.396. The summed E-state index contributed by atoms with van der Waals surface area (Å²) in [7, 11) is -30.4. The second kappa shape index (κ2) is 46.4. The first-order valence-corrected chi connectivity index (χ1v) is 56.1.